The second-order valence-electron chi connectivity index (χ2n) is 3.11. The number of thioether (sulfide) groups is 1. The van der Waals surface area contributed by atoms with Gasteiger partial charge in [0.05, 0.1) is 17.0 Å². The maximum absolute atomic E-state index is 11.8. The molecular formula is C11H10N2OS2. The summed E-state index contributed by atoms with van der Waals surface area (Å²) in [5.41, 5.74) is 0.776. The van der Waals surface area contributed by atoms with Crippen LogP contribution < -0.4 is 0 Å². The number of Topliss-reactive ketones (excluding diaryl/α,β-unsaturated/α-hetero) is 1. The molecule has 0 atom stereocenters. The van der Waals surface area contributed by atoms with E-state index in [4.69, 9.17) is 0 Å². The van der Waals surface area contributed by atoms with E-state index in [1.165, 1.54) is 23.1 Å². The molecule has 16 heavy (non-hydrogen) atoms. The van der Waals surface area contributed by atoms with Gasteiger partial charge in [0.2, 0.25) is 0 Å². The monoisotopic (exact) mass is 250 g/mol. The first-order chi connectivity index (χ1) is 7.79. The number of nitrogens with zero attached hydrogens (tertiary/aromatic N) is 2. The molecule has 0 N–H and O–H groups in total. The van der Waals surface area contributed by atoms with Crippen LogP contribution in [0.4, 0.5) is 0 Å². The normalized spacial score (nSPS) is 10.3. The van der Waals surface area contributed by atoms with Crippen molar-refractivity contribution in [3.63, 3.8) is 0 Å². The Hall–Kier alpha value is -1.20. The molecule has 0 aliphatic rings. The zero-order chi connectivity index (χ0) is 11.4. The van der Waals surface area contributed by atoms with Crippen molar-refractivity contribution in [2.45, 2.75) is 11.6 Å². The number of thiophene rings is 1. The molecule has 2 aromatic rings. The van der Waals surface area contributed by atoms with Crippen LogP contribution in [0.15, 0.2) is 34.9 Å². The van der Waals surface area contributed by atoms with E-state index >= 15 is 0 Å². The van der Waals surface area contributed by atoms with E-state index in [1.54, 1.807) is 12.3 Å². The standard InChI is InChI=1S/C11H10N2OS2/c1-15-11-12-5-4-8(13-11)7-9(14)10-3-2-6-16-10/h2-6H,7H2,1H3. The number of carbonyl (C=O) groups excluding carboxylic acids is 1. The summed E-state index contributed by atoms with van der Waals surface area (Å²) in [5.74, 6) is 0.112. The molecule has 0 fully saturated rings. The Morgan fingerprint density at radius 1 is 1.50 bits per heavy atom. The lowest BCUT2D eigenvalue weighted by atomic mass is 10.2. The molecule has 2 heterocycles. The molecule has 2 aromatic heterocycles. The lowest BCUT2D eigenvalue weighted by molar-refractivity contribution is 0.0995. The van der Waals surface area contributed by atoms with Crippen molar-refractivity contribution in [2.24, 2.45) is 0 Å². The molecule has 0 unspecified atom stereocenters. The van der Waals surface area contributed by atoms with Crippen molar-refractivity contribution >= 4 is 28.9 Å². The highest BCUT2D eigenvalue weighted by atomic mass is 32.2. The van der Waals surface area contributed by atoms with Gasteiger partial charge in [0.1, 0.15) is 0 Å². The minimum atomic E-state index is 0.112. The Morgan fingerprint density at radius 3 is 3.06 bits per heavy atom. The Bertz CT molecular complexity index is 482. The van der Waals surface area contributed by atoms with Gasteiger partial charge in [0.15, 0.2) is 10.9 Å². The Labute approximate surface area is 102 Å². The van der Waals surface area contributed by atoms with Gasteiger partial charge in [-0.15, -0.1) is 11.3 Å². The summed E-state index contributed by atoms with van der Waals surface area (Å²) in [6.45, 7) is 0. The van der Waals surface area contributed by atoms with Crippen LogP contribution in [0.5, 0.6) is 0 Å². The smallest absolute Gasteiger partial charge is 0.187 e. The third-order valence-corrected chi connectivity index (χ3v) is 3.48. The molecule has 5 heteroatoms. The van der Waals surface area contributed by atoms with Crippen molar-refractivity contribution in [2.75, 3.05) is 6.26 Å². The fraction of sp³-hybridized carbons (Fsp3) is 0.182. The third kappa shape index (κ3) is 2.68. The SMILES string of the molecule is CSc1nccc(CC(=O)c2cccs2)n1. The lowest BCUT2D eigenvalue weighted by Crippen LogP contribution is -2.04. The number of ketones is 1. The Kier molecular flexibility index (Phi) is 3.69. The summed E-state index contributed by atoms with van der Waals surface area (Å²) in [6, 6.07) is 5.50. The zero-order valence-electron chi connectivity index (χ0n) is 8.71. The van der Waals surface area contributed by atoms with Gasteiger partial charge in [-0.05, 0) is 23.8 Å². The van der Waals surface area contributed by atoms with E-state index < -0.39 is 0 Å². The van der Waals surface area contributed by atoms with Gasteiger partial charge in [0.25, 0.3) is 0 Å². The molecule has 82 valence electrons. The van der Waals surface area contributed by atoms with Crippen LogP contribution >= 0.6 is 23.1 Å². The highest BCUT2D eigenvalue weighted by molar-refractivity contribution is 7.98. The number of aromatic nitrogens is 2. The fourth-order valence-electron chi connectivity index (χ4n) is 1.26. The van der Waals surface area contributed by atoms with Crippen molar-refractivity contribution in [1.29, 1.82) is 0 Å². The lowest BCUT2D eigenvalue weighted by Gasteiger charge is -2.00. The van der Waals surface area contributed by atoms with Crippen LogP contribution in [-0.2, 0) is 6.42 Å². The summed E-state index contributed by atoms with van der Waals surface area (Å²) < 4.78 is 0. The molecule has 0 aliphatic heterocycles. The molecule has 0 radical (unpaired) electrons. The quantitative estimate of drug-likeness (QED) is 0.475. The molecule has 0 aliphatic carbocycles. The zero-order valence-corrected chi connectivity index (χ0v) is 10.3. The number of hydrogen-bond donors (Lipinski definition) is 0. The molecule has 0 amide bonds. The van der Waals surface area contributed by atoms with E-state index in [-0.39, 0.29) is 5.78 Å². The summed E-state index contributed by atoms with van der Waals surface area (Å²) in [5, 5.41) is 2.61. The minimum absolute atomic E-state index is 0.112. The summed E-state index contributed by atoms with van der Waals surface area (Å²) >= 11 is 2.94. The second kappa shape index (κ2) is 5.23. The van der Waals surface area contributed by atoms with E-state index in [9.17, 15) is 4.79 Å². The summed E-state index contributed by atoms with van der Waals surface area (Å²) in [6.07, 6.45) is 3.95. The van der Waals surface area contributed by atoms with Gasteiger partial charge in [0, 0.05) is 6.20 Å². The van der Waals surface area contributed by atoms with Gasteiger partial charge < -0.3 is 0 Å². The molecule has 0 aromatic carbocycles. The highest BCUT2D eigenvalue weighted by Gasteiger charge is 2.09. The minimum Gasteiger partial charge on any atom is -0.293 e. The van der Waals surface area contributed by atoms with E-state index in [0.29, 0.717) is 11.6 Å². The number of carbonyl (C=O) groups is 1. The Balaban J connectivity index is 2.12. The highest BCUT2D eigenvalue weighted by Crippen LogP contribution is 2.13. The third-order valence-electron chi connectivity index (χ3n) is 2.01. The van der Waals surface area contributed by atoms with Crippen LogP contribution in [0.3, 0.4) is 0 Å². The van der Waals surface area contributed by atoms with Gasteiger partial charge in [-0.25, -0.2) is 9.97 Å². The first kappa shape index (κ1) is 11.3. The van der Waals surface area contributed by atoms with Gasteiger partial charge in [-0.1, -0.05) is 17.8 Å². The molecule has 0 saturated carbocycles. The first-order valence-electron chi connectivity index (χ1n) is 4.72. The van der Waals surface area contributed by atoms with Crippen molar-refractivity contribution in [3.05, 3.63) is 40.3 Å². The first-order valence-corrected chi connectivity index (χ1v) is 6.82. The average Bonchev–Trinajstić information content (AvgIpc) is 2.83. The predicted octanol–water partition coefficient (Wildman–Crippen LogP) is 2.69. The molecule has 0 saturated heterocycles. The van der Waals surface area contributed by atoms with Crippen LogP contribution in [0.25, 0.3) is 0 Å². The molecule has 3 nitrogen and oxygen atoms in total. The van der Waals surface area contributed by atoms with E-state index in [2.05, 4.69) is 9.97 Å². The average molecular weight is 250 g/mol. The topological polar surface area (TPSA) is 42.9 Å². The van der Waals surface area contributed by atoms with Gasteiger partial charge >= 0.3 is 0 Å². The van der Waals surface area contributed by atoms with Crippen LogP contribution in [0.1, 0.15) is 15.4 Å². The molecule has 0 bridgehead atoms. The number of hydrogen-bond acceptors (Lipinski definition) is 5. The van der Waals surface area contributed by atoms with E-state index in [1.807, 2.05) is 23.8 Å². The summed E-state index contributed by atoms with van der Waals surface area (Å²) in [7, 11) is 0. The van der Waals surface area contributed by atoms with Crippen LogP contribution in [0.2, 0.25) is 0 Å². The summed E-state index contributed by atoms with van der Waals surface area (Å²) in [4.78, 5) is 20.9. The van der Waals surface area contributed by atoms with Gasteiger partial charge in [-0.3, -0.25) is 4.79 Å². The van der Waals surface area contributed by atoms with Crippen molar-refractivity contribution < 1.29 is 4.79 Å². The van der Waals surface area contributed by atoms with Crippen molar-refractivity contribution in [3.8, 4) is 0 Å². The predicted molar refractivity (Wildman–Crippen MR) is 66.2 cm³/mol. The van der Waals surface area contributed by atoms with Crippen LogP contribution in [-0.4, -0.2) is 22.0 Å². The number of rotatable bonds is 4. The Morgan fingerprint density at radius 2 is 2.38 bits per heavy atom. The van der Waals surface area contributed by atoms with Gasteiger partial charge in [-0.2, -0.15) is 0 Å². The van der Waals surface area contributed by atoms with E-state index in [0.717, 1.165) is 10.6 Å². The molecule has 2 rings (SSSR count). The van der Waals surface area contributed by atoms with Crippen LogP contribution in [0, 0.1) is 0 Å². The second-order valence-corrected chi connectivity index (χ2v) is 4.83. The maximum Gasteiger partial charge on any atom is 0.187 e. The molecular weight excluding hydrogens is 240 g/mol. The maximum atomic E-state index is 11.8. The molecule has 0 spiro atoms. The largest absolute Gasteiger partial charge is 0.293 e. The van der Waals surface area contributed by atoms with Crippen molar-refractivity contribution in [1.82, 2.24) is 9.97 Å². The fourth-order valence-corrected chi connectivity index (χ4v) is 2.30.